The molecule has 0 radical (unpaired) electrons. The third kappa shape index (κ3) is 3.93. The van der Waals surface area contributed by atoms with Crippen LogP contribution >= 0.6 is 11.6 Å². The van der Waals surface area contributed by atoms with E-state index < -0.39 is 5.60 Å². The van der Waals surface area contributed by atoms with Crippen LogP contribution in [-0.4, -0.2) is 24.7 Å². The maximum atomic E-state index is 12.6. The molecule has 1 amide bonds. The van der Waals surface area contributed by atoms with E-state index in [9.17, 15) is 4.79 Å². The normalized spacial score (nSPS) is 16.5. The van der Waals surface area contributed by atoms with Crippen molar-refractivity contribution in [3.8, 4) is 5.75 Å². The molecule has 1 aromatic rings. The highest BCUT2D eigenvalue weighted by molar-refractivity contribution is 6.32. The van der Waals surface area contributed by atoms with Gasteiger partial charge in [-0.3, -0.25) is 4.79 Å². The van der Waals surface area contributed by atoms with Crippen molar-refractivity contribution < 1.29 is 14.3 Å². The third-order valence-corrected chi connectivity index (χ3v) is 4.19. The number of anilines is 1. The van der Waals surface area contributed by atoms with Crippen LogP contribution in [0.2, 0.25) is 5.02 Å². The van der Waals surface area contributed by atoms with Crippen LogP contribution < -0.4 is 10.1 Å². The molecule has 1 saturated carbocycles. The summed E-state index contributed by atoms with van der Waals surface area (Å²) in [6.45, 7) is 5.12. The molecule has 4 nitrogen and oxygen atoms in total. The number of rotatable bonds is 7. The highest BCUT2D eigenvalue weighted by atomic mass is 35.5. The molecule has 0 atom stereocenters. The Kier molecular flexibility index (Phi) is 6.09. The lowest BCUT2D eigenvalue weighted by molar-refractivity contribution is -0.140. The van der Waals surface area contributed by atoms with Gasteiger partial charge in [0.05, 0.1) is 11.6 Å². The minimum Gasteiger partial charge on any atom is -0.492 e. The van der Waals surface area contributed by atoms with Gasteiger partial charge in [-0.1, -0.05) is 18.5 Å². The van der Waals surface area contributed by atoms with Crippen molar-refractivity contribution in [1.82, 2.24) is 0 Å². The van der Waals surface area contributed by atoms with Gasteiger partial charge >= 0.3 is 0 Å². The first-order valence-corrected chi connectivity index (χ1v) is 8.37. The topological polar surface area (TPSA) is 47.6 Å². The highest BCUT2D eigenvalue weighted by Crippen LogP contribution is 2.35. The molecule has 1 N–H and O–H groups in total. The molecule has 0 aromatic heterocycles. The average Bonchev–Trinajstić information content (AvgIpc) is 2.97. The summed E-state index contributed by atoms with van der Waals surface area (Å²) in [4.78, 5) is 12.6. The second-order valence-electron chi connectivity index (χ2n) is 5.58. The van der Waals surface area contributed by atoms with Gasteiger partial charge in [0.1, 0.15) is 11.4 Å². The van der Waals surface area contributed by atoms with Crippen molar-refractivity contribution in [2.45, 2.75) is 51.6 Å². The van der Waals surface area contributed by atoms with E-state index in [4.69, 9.17) is 21.1 Å². The number of amides is 1. The van der Waals surface area contributed by atoms with Crippen LogP contribution in [0.15, 0.2) is 18.2 Å². The summed E-state index contributed by atoms with van der Waals surface area (Å²) < 4.78 is 11.3. The van der Waals surface area contributed by atoms with Gasteiger partial charge in [-0.2, -0.15) is 0 Å². The van der Waals surface area contributed by atoms with E-state index in [1.165, 1.54) is 0 Å². The Balaban J connectivity index is 2.06. The van der Waals surface area contributed by atoms with Crippen molar-refractivity contribution >= 4 is 23.2 Å². The molecule has 0 saturated heterocycles. The number of hydrogen-bond donors (Lipinski definition) is 1. The van der Waals surface area contributed by atoms with E-state index in [1.54, 1.807) is 12.1 Å². The lowest BCUT2D eigenvalue weighted by atomic mass is 10.0. The Hall–Kier alpha value is -1.26. The summed E-state index contributed by atoms with van der Waals surface area (Å²) in [7, 11) is 0. The van der Waals surface area contributed by atoms with Crippen molar-refractivity contribution in [3.05, 3.63) is 23.2 Å². The van der Waals surface area contributed by atoms with Gasteiger partial charge in [0.15, 0.2) is 0 Å². The Bertz CT molecular complexity index is 513. The Morgan fingerprint density at radius 3 is 2.64 bits per heavy atom. The van der Waals surface area contributed by atoms with Gasteiger partial charge in [0.2, 0.25) is 0 Å². The van der Waals surface area contributed by atoms with E-state index in [0.29, 0.717) is 29.7 Å². The zero-order chi connectivity index (χ0) is 16.0. The number of nitrogens with one attached hydrogen (secondary N) is 1. The minimum absolute atomic E-state index is 0.0786. The molecule has 0 aliphatic heterocycles. The van der Waals surface area contributed by atoms with Crippen LogP contribution in [0, 0.1) is 0 Å². The largest absolute Gasteiger partial charge is 0.492 e. The fourth-order valence-electron chi connectivity index (χ4n) is 2.81. The first-order chi connectivity index (χ1) is 10.6. The molecular weight excluding hydrogens is 302 g/mol. The number of carbonyl (C=O) groups excluding carboxylic acids is 1. The molecule has 1 fully saturated rings. The number of hydrogen-bond acceptors (Lipinski definition) is 3. The highest BCUT2D eigenvalue weighted by Gasteiger charge is 2.41. The zero-order valence-electron chi connectivity index (χ0n) is 13.3. The maximum Gasteiger partial charge on any atom is 0.256 e. The SMILES string of the molecule is CCCOc1ccc(NC(=O)C2(OCC)CCCC2)cc1Cl. The minimum atomic E-state index is -0.682. The average molecular weight is 326 g/mol. The molecule has 0 spiro atoms. The first kappa shape index (κ1) is 17.1. The number of halogens is 1. The Labute approximate surface area is 137 Å². The van der Waals surface area contributed by atoms with Crippen molar-refractivity contribution in [3.63, 3.8) is 0 Å². The summed E-state index contributed by atoms with van der Waals surface area (Å²) in [6.07, 6.45) is 4.53. The van der Waals surface area contributed by atoms with Crippen LogP contribution in [0.5, 0.6) is 5.75 Å². The van der Waals surface area contributed by atoms with E-state index in [0.717, 1.165) is 32.1 Å². The first-order valence-electron chi connectivity index (χ1n) is 7.99. The molecule has 1 aliphatic carbocycles. The molecule has 0 unspecified atom stereocenters. The zero-order valence-corrected chi connectivity index (χ0v) is 14.0. The lowest BCUT2D eigenvalue weighted by Gasteiger charge is -2.27. The van der Waals surface area contributed by atoms with Crippen LogP contribution in [0.1, 0.15) is 46.0 Å². The van der Waals surface area contributed by atoms with Gasteiger partial charge in [-0.15, -0.1) is 0 Å². The van der Waals surface area contributed by atoms with E-state index in [1.807, 2.05) is 19.9 Å². The van der Waals surface area contributed by atoms with Gasteiger partial charge in [0, 0.05) is 12.3 Å². The monoisotopic (exact) mass is 325 g/mol. The standard InChI is InChI=1S/C17H24ClNO3/c1-3-11-21-15-8-7-13(12-14(15)18)19-16(20)17(22-4-2)9-5-6-10-17/h7-8,12H,3-6,9-11H2,1-2H3,(H,19,20). The molecule has 122 valence electrons. The summed E-state index contributed by atoms with van der Waals surface area (Å²) in [5.74, 6) is 0.562. The summed E-state index contributed by atoms with van der Waals surface area (Å²) in [5, 5.41) is 3.43. The van der Waals surface area contributed by atoms with Gasteiger partial charge < -0.3 is 14.8 Å². The Morgan fingerprint density at radius 2 is 2.05 bits per heavy atom. The molecule has 5 heteroatoms. The van der Waals surface area contributed by atoms with E-state index in [2.05, 4.69) is 5.32 Å². The molecule has 0 bridgehead atoms. The fourth-order valence-corrected chi connectivity index (χ4v) is 3.05. The lowest BCUT2D eigenvalue weighted by Crippen LogP contribution is -2.43. The van der Waals surface area contributed by atoms with Gasteiger partial charge in [-0.05, 0) is 57.2 Å². The van der Waals surface area contributed by atoms with Crippen LogP contribution in [0.3, 0.4) is 0 Å². The van der Waals surface area contributed by atoms with Gasteiger partial charge in [-0.25, -0.2) is 0 Å². The fraction of sp³-hybridized carbons (Fsp3) is 0.588. The number of ether oxygens (including phenoxy) is 2. The second-order valence-corrected chi connectivity index (χ2v) is 5.99. The predicted molar refractivity (Wildman–Crippen MR) is 88.7 cm³/mol. The van der Waals surface area contributed by atoms with Crippen molar-refractivity contribution in [2.24, 2.45) is 0 Å². The molecular formula is C17H24ClNO3. The van der Waals surface area contributed by atoms with Crippen LogP contribution in [-0.2, 0) is 9.53 Å². The van der Waals surface area contributed by atoms with Crippen LogP contribution in [0.4, 0.5) is 5.69 Å². The maximum absolute atomic E-state index is 12.6. The van der Waals surface area contributed by atoms with Crippen molar-refractivity contribution in [1.29, 1.82) is 0 Å². The predicted octanol–water partition coefficient (Wildman–Crippen LogP) is 4.42. The van der Waals surface area contributed by atoms with E-state index in [-0.39, 0.29) is 5.91 Å². The van der Waals surface area contributed by atoms with Gasteiger partial charge in [0.25, 0.3) is 5.91 Å². The smallest absolute Gasteiger partial charge is 0.256 e. The van der Waals surface area contributed by atoms with Crippen molar-refractivity contribution in [2.75, 3.05) is 18.5 Å². The molecule has 0 heterocycles. The molecule has 1 aliphatic rings. The van der Waals surface area contributed by atoms with E-state index >= 15 is 0 Å². The second kappa shape index (κ2) is 7.84. The number of benzene rings is 1. The third-order valence-electron chi connectivity index (χ3n) is 3.90. The molecule has 22 heavy (non-hydrogen) atoms. The summed E-state index contributed by atoms with van der Waals surface area (Å²) in [5.41, 5.74) is -0.0108. The molecule has 2 rings (SSSR count). The number of carbonyl (C=O) groups is 1. The summed E-state index contributed by atoms with van der Waals surface area (Å²) in [6, 6.07) is 5.32. The molecule has 1 aromatic carbocycles. The quantitative estimate of drug-likeness (QED) is 0.807. The Morgan fingerprint density at radius 1 is 1.32 bits per heavy atom. The summed E-state index contributed by atoms with van der Waals surface area (Å²) >= 11 is 6.20. The van der Waals surface area contributed by atoms with Crippen LogP contribution in [0.25, 0.3) is 0 Å².